The average Bonchev–Trinajstić information content (AvgIpc) is 2.97. The number of esters is 2. The SMILES string of the molecule is CCOC(=O)C(NC(=O)OCC(Cl)(Cl)Cl)(C(=O)OCC)c1nnc(C)s1. The van der Waals surface area contributed by atoms with Crippen molar-refractivity contribution in [3.05, 3.63) is 10.0 Å². The molecule has 0 fully saturated rings. The zero-order chi connectivity index (χ0) is 20.0. The summed E-state index contributed by atoms with van der Waals surface area (Å²) in [7, 11) is 0. The third kappa shape index (κ3) is 5.83. The van der Waals surface area contributed by atoms with Gasteiger partial charge in [0.25, 0.3) is 5.54 Å². The quantitative estimate of drug-likeness (QED) is 0.292. The molecule has 9 nitrogen and oxygen atoms in total. The normalized spacial score (nSPS) is 11.6. The first-order valence-electron chi connectivity index (χ1n) is 7.23. The number of nitrogens with one attached hydrogen (secondary N) is 1. The zero-order valence-corrected chi connectivity index (χ0v) is 17.1. The molecule has 0 aliphatic heterocycles. The van der Waals surface area contributed by atoms with Crippen LogP contribution in [0.5, 0.6) is 0 Å². The molecule has 1 aromatic rings. The van der Waals surface area contributed by atoms with Gasteiger partial charge in [-0.3, -0.25) is 5.32 Å². The molecule has 0 spiro atoms. The van der Waals surface area contributed by atoms with Gasteiger partial charge >= 0.3 is 18.0 Å². The summed E-state index contributed by atoms with van der Waals surface area (Å²) in [5.41, 5.74) is -2.40. The predicted molar refractivity (Wildman–Crippen MR) is 94.4 cm³/mol. The molecule has 1 rings (SSSR count). The fourth-order valence-electron chi connectivity index (χ4n) is 1.68. The fourth-order valence-corrected chi connectivity index (χ4v) is 2.65. The van der Waals surface area contributed by atoms with Crippen molar-refractivity contribution in [2.75, 3.05) is 19.8 Å². The summed E-state index contributed by atoms with van der Waals surface area (Å²) in [6.07, 6.45) is -1.22. The Morgan fingerprint density at radius 2 is 1.58 bits per heavy atom. The monoisotopic (exact) mass is 447 g/mol. The molecule has 1 heterocycles. The van der Waals surface area contributed by atoms with Crippen molar-refractivity contribution in [3.63, 3.8) is 0 Å². The third-order valence-corrected chi connectivity index (χ3v) is 3.95. The predicted octanol–water partition coefficient (Wildman–Crippen LogP) is 2.26. The molecule has 1 N–H and O–H groups in total. The molecule has 0 saturated heterocycles. The maximum atomic E-state index is 12.6. The van der Waals surface area contributed by atoms with Crippen LogP contribution >= 0.6 is 46.1 Å². The molecular weight excluding hydrogens is 433 g/mol. The third-order valence-electron chi connectivity index (χ3n) is 2.67. The van der Waals surface area contributed by atoms with Gasteiger partial charge in [0, 0.05) is 0 Å². The maximum Gasteiger partial charge on any atom is 0.408 e. The fraction of sp³-hybridized carbons (Fsp3) is 0.615. The van der Waals surface area contributed by atoms with Crippen LogP contribution in [0.25, 0.3) is 0 Å². The number of carbonyl (C=O) groups is 3. The van der Waals surface area contributed by atoms with E-state index in [0.717, 1.165) is 11.3 Å². The van der Waals surface area contributed by atoms with E-state index in [1.807, 2.05) is 0 Å². The Hall–Kier alpha value is -1.36. The van der Waals surface area contributed by atoms with Crippen LogP contribution in [0.4, 0.5) is 4.79 Å². The second kappa shape index (κ2) is 9.54. The van der Waals surface area contributed by atoms with Gasteiger partial charge in [0.2, 0.25) is 3.79 Å². The first-order valence-corrected chi connectivity index (χ1v) is 9.18. The molecule has 1 amide bonds. The number of carbonyl (C=O) groups excluding carboxylic acids is 3. The van der Waals surface area contributed by atoms with E-state index in [1.165, 1.54) is 13.8 Å². The molecule has 1 aromatic heterocycles. The van der Waals surface area contributed by atoms with Crippen molar-refractivity contribution in [1.29, 1.82) is 0 Å². The number of alkyl halides is 3. The van der Waals surface area contributed by atoms with Gasteiger partial charge in [-0.2, -0.15) is 0 Å². The van der Waals surface area contributed by atoms with Crippen LogP contribution in [-0.4, -0.2) is 51.8 Å². The van der Waals surface area contributed by atoms with Crippen molar-refractivity contribution >= 4 is 64.2 Å². The Morgan fingerprint density at radius 3 is 1.96 bits per heavy atom. The molecule has 0 atom stereocenters. The standard InChI is InChI=1S/C13H16Cl3N3O6S/c1-4-23-9(20)13(10(21)24-5-2,8-19-18-7(3)26-8)17-11(22)25-6-12(14,15)16/h4-6H2,1-3H3,(H,17,22). The summed E-state index contributed by atoms with van der Waals surface area (Å²) in [5.74, 6) is -2.22. The highest BCUT2D eigenvalue weighted by Crippen LogP contribution is 2.29. The van der Waals surface area contributed by atoms with Crippen LogP contribution in [0.1, 0.15) is 23.9 Å². The van der Waals surface area contributed by atoms with E-state index in [4.69, 9.17) is 49.0 Å². The second-order valence-electron chi connectivity index (χ2n) is 4.63. The molecule has 0 saturated carbocycles. The van der Waals surface area contributed by atoms with Crippen LogP contribution in [0, 0.1) is 6.92 Å². The van der Waals surface area contributed by atoms with E-state index >= 15 is 0 Å². The number of alkyl carbamates (subject to hydrolysis) is 1. The van der Waals surface area contributed by atoms with Gasteiger partial charge in [-0.25, -0.2) is 14.4 Å². The van der Waals surface area contributed by atoms with Crippen molar-refractivity contribution in [3.8, 4) is 0 Å². The minimum Gasteiger partial charge on any atom is -0.463 e. The molecular formula is C13H16Cl3N3O6S. The summed E-state index contributed by atoms with van der Waals surface area (Å²) in [4.78, 5) is 37.3. The molecule has 146 valence electrons. The van der Waals surface area contributed by atoms with Crippen molar-refractivity contribution < 1.29 is 28.6 Å². The number of rotatable bonds is 7. The van der Waals surface area contributed by atoms with Gasteiger partial charge in [0.15, 0.2) is 5.01 Å². The number of halogens is 3. The van der Waals surface area contributed by atoms with Gasteiger partial charge < -0.3 is 14.2 Å². The van der Waals surface area contributed by atoms with Crippen LogP contribution in [0.15, 0.2) is 0 Å². The minimum absolute atomic E-state index is 0.0668. The minimum atomic E-state index is -2.40. The molecule has 13 heteroatoms. The largest absolute Gasteiger partial charge is 0.463 e. The first kappa shape index (κ1) is 22.7. The number of hydrogen-bond donors (Lipinski definition) is 1. The Morgan fingerprint density at radius 1 is 1.04 bits per heavy atom. The molecule has 0 bridgehead atoms. The van der Waals surface area contributed by atoms with E-state index in [9.17, 15) is 14.4 Å². The summed E-state index contributed by atoms with van der Waals surface area (Å²) in [6, 6.07) is 0. The van der Waals surface area contributed by atoms with Crippen LogP contribution in [-0.2, 0) is 29.3 Å². The summed E-state index contributed by atoms with van der Waals surface area (Å²) >= 11 is 17.4. The molecule has 0 aromatic carbocycles. The van der Waals surface area contributed by atoms with E-state index in [0.29, 0.717) is 5.01 Å². The number of nitrogens with zero attached hydrogens (tertiary/aromatic N) is 2. The van der Waals surface area contributed by atoms with Gasteiger partial charge in [0.1, 0.15) is 11.6 Å². The van der Waals surface area contributed by atoms with Gasteiger partial charge in [0.05, 0.1) is 13.2 Å². The first-order chi connectivity index (χ1) is 12.1. The van der Waals surface area contributed by atoms with E-state index in [1.54, 1.807) is 6.92 Å². The Bertz CT molecular complexity index is 646. The Labute approximate surface area is 168 Å². The molecule has 0 unspecified atom stereocenters. The number of aromatic nitrogens is 2. The average molecular weight is 449 g/mol. The number of ether oxygens (including phenoxy) is 3. The molecule has 0 radical (unpaired) electrons. The maximum absolute atomic E-state index is 12.6. The summed E-state index contributed by atoms with van der Waals surface area (Å²) in [6.45, 7) is 3.90. The molecule has 0 aliphatic carbocycles. The number of hydrogen-bond acceptors (Lipinski definition) is 9. The van der Waals surface area contributed by atoms with E-state index in [2.05, 4.69) is 15.5 Å². The van der Waals surface area contributed by atoms with Crippen molar-refractivity contribution in [2.45, 2.75) is 30.1 Å². The summed E-state index contributed by atoms with van der Waals surface area (Å²) < 4.78 is 12.7. The van der Waals surface area contributed by atoms with Gasteiger partial charge in [-0.1, -0.05) is 46.1 Å². The van der Waals surface area contributed by atoms with Gasteiger partial charge in [-0.05, 0) is 20.8 Å². The summed E-state index contributed by atoms with van der Waals surface area (Å²) in [5, 5.41) is 9.94. The van der Waals surface area contributed by atoms with Crippen LogP contribution in [0.2, 0.25) is 0 Å². The number of amides is 1. The lowest BCUT2D eigenvalue weighted by Crippen LogP contribution is -2.59. The van der Waals surface area contributed by atoms with Crippen LogP contribution in [0.3, 0.4) is 0 Å². The van der Waals surface area contributed by atoms with Crippen molar-refractivity contribution in [2.24, 2.45) is 0 Å². The Kier molecular flexibility index (Phi) is 8.32. The van der Waals surface area contributed by atoms with Crippen LogP contribution < -0.4 is 5.32 Å². The van der Waals surface area contributed by atoms with E-state index in [-0.39, 0.29) is 18.2 Å². The van der Waals surface area contributed by atoms with Gasteiger partial charge in [-0.15, -0.1) is 10.2 Å². The highest BCUT2D eigenvalue weighted by atomic mass is 35.6. The Balaban J connectivity index is 3.30. The lowest BCUT2D eigenvalue weighted by molar-refractivity contribution is -0.166. The highest BCUT2D eigenvalue weighted by molar-refractivity contribution is 7.11. The lowest BCUT2D eigenvalue weighted by Gasteiger charge is -2.27. The topological polar surface area (TPSA) is 117 Å². The lowest BCUT2D eigenvalue weighted by atomic mass is 10.0. The van der Waals surface area contributed by atoms with Crippen molar-refractivity contribution in [1.82, 2.24) is 15.5 Å². The van der Waals surface area contributed by atoms with E-state index < -0.39 is 34.0 Å². The highest BCUT2D eigenvalue weighted by Gasteiger charge is 2.56. The second-order valence-corrected chi connectivity index (χ2v) is 8.33. The number of aryl methyl sites for hydroxylation is 1. The zero-order valence-electron chi connectivity index (χ0n) is 14.0. The smallest absolute Gasteiger partial charge is 0.408 e. The molecule has 0 aliphatic rings. The molecule has 26 heavy (non-hydrogen) atoms.